The molecular weight excluding hydrogens is 292 g/mol. The van der Waals surface area contributed by atoms with Crippen molar-refractivity contribution in [3.63, 3.8) is 0 Å². The molecule has 114 valence electrons. The van der Waals surface area contributed by atoms with Gasteiger partial charge in [0.25, 0.3) is 0 Å². The molecular formula is C17H14N4O2. The quantitative estimate of drug-likeness (QED) is 0.806. The number of nitrogens with one attached hydrogen (secondary N) is 1. The second-order valence-electron chi connectivity index (χ2n) is 6.22. The molecule has 2 N–H and O–H groups in total. The Hall–Kier alpha value is -2.88. The Labute approximate surface area is 133 Å². The number of rotatable bonds is 1. The average molecular weight is 306 g/mol. The number of nitrogens with zero attached hydrogens (tertiary/aromatic N) is 3. The minimum Gasteiger partial charge on any atom is -0.371 e. The van der Waals surface area contributed by atoms with Crippen molar-refractivity contribution in [2.75, 3.05) is 0 Å². The lowest BCUT2D eigenvalue weighted by Gasteiger charge is -2.48. The highest BCUT2D eigenvalue weighted by Gasteiger charge is 2.77. The van der Waals surface area contributed by atoms with Crippen LogP contribution < -0.4 is 5.32 Å². The highest BCUT2D eigenvalue weighted by molar-refractivity contribution is 5.92. The van der Waals surface area contributed by atoms with Crippen LogP contribution in [-0.2, 0) is 4.79 Å². The molecule has 0 unspecified atom stereocenters. The Morgan fingerprint density at radius 1 is 1.17 bits per heavy atom. The summed E-state index contributed by atoms with van der Waals surface area (Å²) in [6.45, 7) is 1.53. The van der Waals surface area contributed by atoms with E-state index >= 15 is 0 Å². The van der Waals surface area contributed by atoms with Crippen LogP contribution in [0.3, 0.4) is 0 Å². The molecule has 2 bridgehead atoms. The SMILES string of the molecule is C[C@@H]1[C@@]2(O)C[C@@H](c3ccccc3)C(C#N)(C#N)[C@@]1(C#N)C(=O)N2. The van der Waals surface area contributed by atoms with E-state index in [1.165, 1.54) is 6.92 Å². The topological polar surface area (TPSA) is 121 Å². The normalized spacial score (nSPS) is 37.1. The molecule has 3 rings (SSSR count). The van der Waals surface area contributed by atoms with E-state index in [1.54, 1.807) is 30.3 Å². The van der Waals surface area contributed by atoms with Crippen LogP contribution in [-0.4, -0.2) is 16.7 Å². The maximum absolute atomic E-state index is 12.5. The monoisotopic (exact) mass is 306 g/mol. The smallest absolute Gasteiger partial charge is 0.245 e. The maximum atomic E-state index is 12.5. The third-order valence-corrected chi connectivity index (χ3v) is 5.45. The van der Waals surface area contributed by atoms with Gasteiger partial charge in [0.2, 0.25) is 5.91 Å². The minimum absolute atomic E-state index is 0.00840. The first-order chi connectivity index (χ1) is 10.9. The van der Waals surface area contributed by atoms with Gasteiger partial charge < -0.3 is 10.4 Å². The third kappa shape index (κ3) is 1.50. The van der Waals surface area contributed by atoms with Gasteiger partial charge in [-0.1, -0.05) is 37.3 Å². The number of aliphatic hydroxyl groups is 1. The molecule has 1 saturated carbocycles. The first-order valence-corrected chi connectivity index (χ1v) is 7.25. The summed E-state index contributed by atoms with van der Waals surface area (Å²) < 4.78 is 0. The first-order valence-electron chi connectivity index (χ1n) is 7.25. The van der Waals surface area contributed by atoms with Crippen LogP contribution in [0.5, 0.6) is 0 Å². The summed E-state index contributed by atoms with van der Waals surface area (Å²) in [6.07, 6.45) is 0.00840. The summed E-state index contributed by atoms with van der Waals surface area (Å²) in [6, 6.07) is 14.6. The summed E-state index contributed by atoms with van der Waals surface area (Å²) in [7, 11) is 0. The Morgan fingerprint density at radius 2 is 1.78 bits per heavy atom. The standard InChI is InChI=1S/C17H14N4O2/c1-11-16(10-20)14(22)21-17(11,23)7-13(15(16,8-18)9-19)12-5-3-2-4-6-12/h2-6,11,13,23H,7H2,1H3,(H,21,22)/t11-,13-,16+,17-/m0/s1. The molecule has 1 aromatic rings. The van der Waals surface area contributed by atoms with Gasteiger partial charge in [-0.15, -0.1) is 0 Å². The number of nitriles is 3. The molecule has 0 radical (unpaired) electrons. The van der Waals surface area contributed by atoms with Crippen LogP contribution in [0, 0.1) is 50.7 Å². The van der Waals surface area contributed by atoms with Crippen LogP contribution in [0.25, 0.3) is 0 Å². The van der Waals surface area contributed by atoms with E-state index < -0.39 is 34.3 Å². The zero-order valence-corrected chi connectivity index (χ0v) is 12.4. The number of hydrogen-bond acceptors (Lipinski definition) is 5. The predicted octanol–water partition coefficient (Wildman–Crippen LogP) is 1.17. The predicted molar refractivity (Wildman–Crippen MR) is 77.8 cm³/mol. The Balaban J connectivity index is 2.34. The molecule has 1 heterocycles. The number of fused-ring (bicyclic) bond motifs is 2. The molecule has 0 aromatic heterocycles. The van der Waals surface area contributed by atoms with E-state index in [4.69, 9.17) is 0 Å². The molecule has 4 atom stereocenters. The third-order valence-electron chi connectivity index (χ3n) is 5.45. The lowest BCUT2D eigenvalue weighted by molar-refractivity contribution is -0.130. The number of hydrogen-bond donors (Lipinski definition) is 2. The van der Waals surface area contributed by atoms with Crippen LogP contribution in [0.4, 0.5) is 0 Å². The number of carbonyl (C=O) groups excluding carboxylic acids is 1. The summed E-state index contributed by atoms with van der Waals surface area (Å²) in [5.74, 6) is -2.37. The van der Waals surface area contributed by atoms with Crippen molar-refractivity contribution in [2.24, 2.45) is 16.7 Å². The molecule has 1 aliphatic carbocycles. The van der Waals surface area contributed by atoms with E-state index in [2.05, 4.69) is 5.32 Å². The van der Waals surface area contributed by atoms with E-state index in [1.807, 2.05) is 18.2 Å². The van der Waals surface area contributed by atoms with Gasteiger partial charge in [-0.25, -0.2) is 0 Å². The minimum atomic E-state index is -1.91. The van der Waals surface area contributed by atoms with Gasteiger partial charge in [0.15, 0.2) is 10.8 Å². The number of benzene rings is 1. The van der Waals surface area contributed by atoms with Crippen molar-refractivity contribution in [2.45, 2.75) is 25.0 Å². The largest absolute Gasteiger partial charge is 0.371 e. The maximum Gasteiger partial charge on any atom is 0.245 e. The highest BCUT2D eigenvalue weighted by Crippen LogP contribution is 2.64. The molecule has 2 fully saturated rings. The Kier molecular flexibility index (Phi) is 2.98. The summed E-state index contributed by atoms with van der Waals surface area (Å²) in [4.78, 5) is 12.5. The zero-order chi connectivity index (χ0) is 16.9. The van der Waals surface area contributed by atoms with Gasteiger partial charge in [-0.05, 0) is 5.56 Å². The molecule has 1 aromatic carbocycles. The van der Waals surface area contributed by atoms with Gasteiger partial charge in [-0.3, -0.25) is 4.79 Å². The van der Waals surface area contributed by atoms with Gasteiger partial charge in [-0.2, -0.15) is 15.8 Å². The fourth-order valence-electron chi connectivity index (χ4n) is 4.09. The number of carbonyl (C=O) groups is 1. The van der Waals surface area contributed by atoms with Crippen molar-refractivity contribution in [3.05, 3.63) is 35.9 Å². The van der Waals surface area contributed by atoms with Crippen LogP contribution in [0.2, 0.25) is 0 Å². The van der Waals surface area contributed by atoms with Crippen molar-refractivity contribution >= 4 is 5.91 Å². The van der Waals surface area contributed by atoms with Gasteiger partial charge in [0.1, 0.15) is 5.72 Å². The summed E-state index contributed by atoms with van der Waals surface area (Å²) in [5, 5.41) is 42.7. The zero-order valence-electron chi connectivity index (χ0n) is 12.4. The van der Waals surface area contributed by atoms with Gasteiger partial charge >= 0.3 is 0 Å². The fraction of sp³-hybridized carbons (Fsp3) is 0.412. The molecule has 1 saturated heterocycles. The van der Waals surface area contributed by atoms with Gasteiger partial charge in [0, 0.05) is 18.3 Å². The first kappa shape index (κ1) is 15.0. The lowest BCUT2D eigenvalue weighted by Crippen LogP contribution is -2.57. The van der Waals surface area contributed by atoms with Crippen molar-refractivity contribution < 1.29 is 9.90 Å². The molecule has 1 amide bonds. The highest BCUT2D eigenvalue weighted by atomic mass is 16.3. The molecule has 2 aliphatic rings. The lowest BCUT2D eigenvalue weighted by atomic mass is 9.48. The van der Waals surface area contributed by atoms with E-state index in [9.17, 15) is 25.7 Å². The molecule has 0 spiro atoms. The summed E-state index contributed by atoms with van der Waals surface area (Å²) in [5.41, 5.74) is -4.74. The summed E-state index contributed by atoms with van der Waals surface area (Å²) >= 11 is 0. The average Bonchev–Trinajstić information content (AvgIpc) is 2.71. The molecule has 6 nitrogen and oxygen atoms in total. The number of amides is 1. The van der Waals surface area contributed by atoms with Crippen molar-refractivity contribution in [1.29, 1.82) is 15.8 Å². The van der Waals surface area contributed by atoms with Gasteiger partial charge in [0.05, 0.1) is 18.2 Å². The second kappa shape index (κ2) is 4.56. The second-order valence-corrected chi connectivity index (χ2v) is 6.22. The van der Waals surface area contributed by atoms with Crippen LogP contribution >= 0.6 is 0 Å². The van der Waals surface area contributed by atoms with Crippen LogP contribution in [0.1, 0.15) is 24.8 Å². The van der Waals surface area contributed by atoms with E-state index in [-0.39, 0.29) is 6.42 Å². The Morgan fingerprint density at radius 3 is 2.30 bits per heavy atom. The van der Waals surface area contributed by atoms with E-state index in [0.717, 1.165) is 0 Å². The van der Waals surface area contributed by atoms with E-state index in [0.29, 0.717) is 5.56 Å². The van der Waals surface area contributed by atoms with Crippen molar-refractivity contribution in [3.8, 4) is 18.2 Å². The Bertz CT molecular complexity index is 787. The molecule has 6 heteroatoms. The molecule has 1 aliphatic heterocycles. The fourth-order valence-corrected chi connectivity index (χ4v) is 4.09. The van der Waals surface area contributed by atoms with Crippen molar-refractivity contribution in [1.82, 2.24) is 5.32 Å². The molecule has 23 heavy (non-hydrogen) atoms. The van der Waals surface area contributed by atoms with Crippen LogP contribution in [0.15, 0.2) is 30.3 Å².